The van der Waals surface area contributed by atoms with E-state index in [4.69, 9.17) is 16.3 Å². The highest BCUT2D eigenvalue weighted by atomic mass is 35.5. The fourth-order valence-corrected chi connectivity index (χ4v) is 12.2. The maximum atomic E-state index is 14.3. The van der Waals surface area contributed by atoms with E-state index in [0.717, 1.165) is 73.7 Å². The minimum atomic E-state index is -5.91. The molecule has 1 atom stereocenters. The fourth-order valence-electron chi connectivity index (χ4n) is 8.68. The number of carbonyl (C=O) groups is 1. The van der Waals surface area contributed by atoms with Gasteiger partial charge in [0.15, 0.2) is 0 Å². The molecule has 7 rings (SSSR count). The molecule has 2 N–H and O–H groups in total. The molecule has 0 unspecified atom stereocenters. The number of carbonyl (C=O) groups excluding carboxylic acids is 1. The summed E-state index contributed by atoms with van der Waals surface area (Å²) in [5.41, 5.74) is -0.390. The largest absolute Gasteiger partial charge is 0.501 e. The van der Waals surface area contributed by atoms with Gasteiger partial charge in [-0.3, -0.25) is 23.5 Å². The van der Waals surface area contributed by atoms with Crippen LogP contribution in [-0.2, 0) is 24.7 Å². The number of thiol groups is 1. The molecule has 2 saturated heterocycles. The van der Waals surface area contributed by atoms with Gasteiger partial charge in [0.1, 0.15) is 4.90 Å². The number of morpholine rings is 1. The van der Waals surface area contributed by atoms with Crippen molar-refractivity contribution in [3.05, 3.63) is 119 Å². The van der Waals surface area contributed by atoms with E-state index in [1.165, 1.54) is 46.9 Å². The molecule has 17 heteroatoms. The van der Waals surface area contributed by atoms with Gasteiger partial charge in [0.2, 0.25) is 0 Å². The van der Waals surface area contributed by atoms with Crippen LogP contribution in [0.15, 0.2) is 117 Å². The molecule has 0 bridgehead atoms. The van der Waals surface area contributed by atoms with Crippen LogP contribution in [0.2, 0.25) is 5.02 Å². The van der Waals surface area contributed by atoms with Crippen molar-refractivity contribution in [1.29, 1.82) is 0 Å². The molecule has 2 fully saturated rings. The van der Waals surface area contributed by atoms with Crippen molar-refractivity contribution < 1.29 is 35.3 Å². The van der Waals surface area contributed by atoms with Crippen LogP contribution in [0.1, 0.15) is 55.5 Å². The number of benzene rings is 4. The summed E-state index contributed by atoms with van der Waals surface area (Å²) >= 11 is 7.70. The third kappa shape index (κ3) is 12.8. The Hall–Kier alpha value is -3.90. The lowest BCUT2D eigenvalue weighted by molar-refractivity contribution is -0.0435. The summed E-state index contributed by atoms with van der Waals surface area (Å²) in [6, 6.07) is 27.4. The van der Waals surface area contributed by atoms with Crippen LogP contribution >= 0.6 is 23.4 Å². The predicted octanol–water partition coefficient (Wildman–Crippen LogP) is 9.06. The first-order valence-electron chi connectivity index (χ1n) is 22.0. The number of piperazine rings is 1. The van der Waals surface area contributed by atoms with Gasteiger partial charge in [-0.25, -0.2) is 8.42 Å². The lowest BCUT2D eigenvalue weighted by Crippen LogP contribution is -2.47. The summed E-state index contributed by atoms with van der Waals surface area (Å²) in [6.45, 7) is 12.1. The van der Waals surface area contributed by atoms with Crippen LogP contribution in [0.3, 0.4) is 0 Å². The third-order valence-corrected chi connectivity index (χ3v) is 17.3. The van der Waals surface area contributed by atoms with Crippen molar-refractivity contribution in [2.75, 3.05) is 87.8 Å². The van der Waals surface area contributed by atoms with Crippen LogP contribution < -0.4 is 14.9 Å². The van der Waals surface area contributed by atoms with Gasteiger partial charge in [-0.2, -0.15) is 13.2 Å². The smallest absolute Gasteiger partial charge is 0.380 e. The van der Waals surface area contributed by atoms with Crippen molar-refractivity contribution in [3.8, 4) is 0 Å². The number of hydrogen-bond donors (Lipinski definition) is 3. The molecule has 10 nitrogen and oxygen atoms in total. The summed E-state index contributed by atoms with van der Waals surface area (Å²) in [6.07, 6.45) is 4.93. The lowest BCUT2D eigenvalue weighted by Gasteiger charge is -2.39. The monoisotopic (exact) mass is 973 g/mol. The Labute approximate surface area is 391 Å². The van der Waals surface area contributed by atoms with E-state index in [-0.39, 0.29) is 21.6 Å². The van der Waals surface area contributed by atoms with Crippen LogP contribution in [0.5, 0.6) is 0 Å². The number of hydrogen-bond acceptors (Lipinski definition) is 10. The first kappa shape index (κ1) is 49.0. The van der Waals surface area contributed by atoms with Gasteiger partial charge in [-0.15, -0.1) is 11.8 Å². The van der Waals surface area contributed by atoms with E-state index < -0.39 is 42.3 Å². The first-order chi connectivity index (χ1) is 30.9. The number of ether oxygens (including phenoxy) is 1. The molecule has 65 heavy (non-hydrogen) atoms. The molecule has 1 amide bonds. The van der Waals surface area contributed by atoms with Gasteiger partial charge in [0, 0.05) is 96.5 Å². The highest BCUT2D eigenvalue weighted by molar-refractivity contribution is 8.01. The molecule has 2 heterocycles. The van der Waals surface area contributed by atoms with Crippen molar-refractivity contribution >= 4 is 66.2 Å². The number of anilines is 2. The van der Waals surface area contributed by atoms with Crippen LogP contribution in [0, 0.1) is 5.41 Å². The number of nitrogens with zero attached hydrogens (tertiary/aromatic N) is 3. The van der Waals surface area contributed by atoms with Crippen molar-refractivity contribution in [2.45, 2.75) is 65.8 Å². The molecule has 0 spiro atoms. The van der Waals surface area contributed by atoms with Crippen molar-refractivity contribution in [2.24, 2.45) is 5.41 Å². The van der Waals surface area contributed by atoms with Gasteiger partial charge < -0.3 is 15.0 Å². The Balaban J connectivity index is 1.02. The topological polar surface area (TPSA) is 111 Å². The maximum absolute atomic E-state index is 14.3. The number of amides is 1. The zero-order chi connectivity index (χ0) is 46.4. The Morgan fingerprint density at radius 3 is 2.25 bits per heavy atom. The standard InChI is InChI=1S/C48H59ClF3N5O5S3/c1-47(2)21-19-43(35-9-13-38(49)14-10-35)37(32-47)33-56-23-25-57(26-24-56)40-15-11-36(12-16-40)46(58)54-64(3,59)42-17-18-44(45(31-42)65(60,61)48(50,51)52)53-39(20-22-55-27-29-62-30-28-55)34-63-41-7-5-4-6-8-41/h4-18,31,39,53,64H,19-30,32-34H2,1-3H3,(H,54,58,59)/t39-/m1/s1. The van der Waals surface area contributed by atoms with Gasteiger partial charge in [-0.1, -0.05) is 61.4 Å². The second-order valence-corrected chi connectivity index (χ2v) is 24.0. The fraction of sp³-hybridized carbons (Fsp3) is 0.438. The highest BCUT2D eigenvalue weighted by Crippen LogP contribution is 2.43. The maximum Gasteiger partial charge on any atom is 0.501 e. The summed E-state index contributed by atoms with van der Waals surface area (Å²) in [7, 11) is -9.87. The lowest BCUT2D eigenvalue weighted by atomic mass is 9.73. The zero-order valence-corrected chi connectivity index (χ0v) is 40.4. The molecular formula is C48H59ClF3N5O5S3. The van der Waals surface area contributed by atoms with Crippen molar-refractivity contribution in [3.63, 3.8) is 0 Å². The number of alkyl halides is 3. The van der Waals surface area contributed by atoms with E-state index in [1.807, 2.05) is 54.6 Å². The SMILES string of the molecule is CC1(C)CCC(c2ccc(Cl)cc2)=C(CN2CCN(c3ccc(C(=O)N[SH](C)(=O)c4ccc(N[C@H](CCN5CCOCC5)CSc5ccccc5)c(S(=O)(=O)C(F)(F)F)c4)cc3)CC2)C1. The Kier molecular flexibility index (Phi) is 15.8. The molecule has 2 aliphatic heterocycles. The number of allylic oxidation sites excluding steroid dienone is 1. The van der Waals surface area contributed by atoms with Crippen LogP contribution in [0.25, 0.3) is 5.57 Å². The molecule has 3 aliphatic rings. The molecule has 352 valence electrons. The van der Waals surface area contributed by atoms with Crippen LogP contribution in [0.4, 0.5) is 24.5 Å². The second kappa shape index (κ2) is 20.9. The number of rotatable bonds is 16. The van der Waals surface area contributed by atoms with Gasteiger partial charge in [0.05, 0.1) is 18.9 Å². The molecule has 0 aromatic heterocycles. The Bertz CT molecular complexity index is 2460. The average Bonchev–Trinajstić information content (AvgIpc) is 3.28. The Morgan fingerprint density at radius 1 is 0.908 bits per heavy atom. The molecule has 0 radical (unpaired) electrons. The average molecular weight is 975 g/mol. The highest BCUT2D eigenvalue weighted by Gasteiger charge is 2.48. The van der Waals surface area contributed by atoms with E-state index >= 15 is 0 Å². The van der Waals surface area contributed by atoms with E-state index in [9.17, 15) is 30.6 Å². The van der Waals surface area contributed by atoms with Gasteiger partial charge in [0.25, 0.3) is 15.7 Å². The number of nitrogens with one attached hydrogen (secondary N) is 2. The zero-order valence-electron chi connectivity index (χ0n) is 37.1. The van der Waals surface area contributed by atoms with E-state index in [1.54, 1.807) is 12.1 Å². The number of sulfone groups is 1. The first-order valence-corrected chi connectivity index (χ1v) is 27.0. The summed E-state index contributed by atoms with van der Waals surface area (Å²) in [4.78, 5) is 20.2. The molecule has 1 aliphatic carbocycles. The van der Waals surface area contributed by atoms with E-state index in [2.05, 4.69) is 50.7 Å². The predicted molar refractivity (Wildman–Crippen MR) is 258 cm³/mol. The second-order valence-electron chi connectivity index (χ2n) is 17.9. The minimum absolute atomic E-state index is 0.205. The number of thioether (sulfide) groups is 1. The summed E-state index contributed by atoms with van der Waals surface area (Å²) in [5.74, 6) is -0.265. The van der Waals surface area contributed by atoms with E-state index in [0.29, 0.717) is 45.0 Å². The normalized spacial score (nSPS) is 18.6. The minimum Gasteiger partial charge on any atom is -0.380 e. The van der Waals surface area contributed by atoms with Gasteiger partial charge in [-0.05, 0) is 119 Å². The van der Waals surface area contributed by atoms with Crippen LogP contribution in [-0.4, -0.2) is 117 Å². The summed E-state index contributed by atoms with van der Waals surface area (Å²) in [5, 5.41) is 3.83. The molecular weight excluding hydrogens is 915 g/mol. The summed E-state index contributed by atoms with van der Waals surface area (Å²) < 4.78 is 91.2. The van der Waals surface area contributed by atoms with Crippen molar-refractivity contribution in [1.82, 2.24) is 14.5 Å². The molecule has 4 aromatic rings. The molecule has 0 saturated carbocycles. The third-order valence-electron chi connectivity index (χ3n) is 12.5. The number of halogens is 4. The Morgan fingerprint density at radius 2 is 1.58 bits per heavy atom. The molecule has 4 aromatic carbocycles. The quantitative estimate of drug-likeness (QED) is 0.0744. The van der Waals surface area contributed by atoms with Gasteiger partial charge >= 0.3 is 5.51 Å².